The molecule has 0 aromatic heterocycles. The highest BCUT2D eigenvalue weighted by Crippen LogP contribution is 2.33. The summed E-state index contributed by atoms with van der Waals surface area (Å²) < 4.78 is 10.7. The number of nitrogens with zero attached hydrogens (tertiary/aromatic N) is 1. The van der Waals surface area contributed by atoms with Crippen molar-refractivity contribution >= 4 is 23.0 Å². The number of methoxy groups -OCH3 is 1. The number of terminal acetylenes is 1. The molecule has 0 aliphatic carbocycles. The zero-order valence-electron chi connectivity index (χ0n) is 12.5. The molecule has 0 saturated heterocycles. The third-order valence-electron chi connectivity index (χ3n) is 3.34. The van der Waals surface area contributed by atoms with Gasteiger partial charge in [0, 0.05) is 11.6 Å². The Morgan fingerprint density at radius 2 is 2.04 bits per heavy atom. The van der Waals surface area contributed by atoms with E-state index in [1.54, 1.807) is 18.2 Å². The molecule has 0 spiro atoms. The maximum atomic E-state index is 12.1. The lowest BCUT2D eigenvalue weighted by Crippen LogP contribution is -2.13. The smallest absolute Gasteiger partial charge is 0.275 e. The monoisotopic (exact) mass is 306 g/mol. The summed E-state index contributed by atoms with van der Waals surface area (Å²) in [6, 6.07) is 12.6. The number of anilines is 1. The number of aliphatic imine (C=N–C) groups is 1. The number of fused-ring (bicyclic) bond motifs is 1. The number of para-hydroxylation sites is 1. The Morgan fingerprint density at radius 3 is 2.83 bits per heavy atom. The summed E-state index contributed by atoms with van der Waals surface area (Å²) in [5.74, 6) is 3.22. The van der Waals surface area contributed by atoms with Crippen molar-refractivity contribution < 1.29 is 14.3 Å². The Kier molecular flexibility index (Phi) is 3.98. The molecular weight excluding hydrogens is 292 g/mol. The molecule has 5 heteroatoms. The zero-order chi connectivity index (χ0) is 16.2. The number of rotatable bonds is 4. The molecule has 2 aromatic carbocycles. The molecule has 114 valence electrons. The Hall–Kier alpha value is -3.26. The van der Waals surface area contributed by atoms with Crippen LogP contribution in [0.5, 0.6) is 11.5 Å². The van der Waals surface area contributed by atoms with E-state index in [2.05, 4.69) is 16.2 Å². The van der Waals surface area contributed by atoms with E-state index in [1.807, 2.05) is 24.3 Å². The molecule has 1 aliphatic rings. The minimum absolute atomic E-state index is 0.153. The molecule has 0 saturated carbocycles. The van der Waals surface area contributed by atoms with Gasteiger partial charge in [-0.05, 0) is 18.2 Å². The van der Waals surface area contributed by atoms with E-state index in [0.717, 1.165) is 11.3 Å². The lowest BCUT2D eigenvalue weighted by atomic mass is 10.1. The first-order valence-electron chi connectivity index (χ1n) is 6.96. The molecule has 1 heterocycles. The van der Waals surface area contributed by atoms with Gasteiger partial charge in [-0.1, -0.05) is 24.1 Å². The fourth-order valence-corrected chi connectivity index (χ4v) is 2.31. The standard InChI is InChI=1S/C18H14N2O3/c1-3-10-23-15-9-8-12(11-16(15)22-2)19-17-13-6-4-5-7-14(13)20-18(17)21/h1,4-9,11H,10H2,2H3,(H,19,20,21). The molecular formula is C18H14N2O3. The van der Waals surface area contributed by atoms with Crippen LogP contribution in [-0.4, -0.2) is 25.3 Å². The predicted molar refractivity (Wildman–Crippen MR) is 88.6 cm³/mol. The number of ether oxygens (including phenoxy) is 2. The van der Waals surface area contributed by atoms with Crippen LogP contribution in [0, 0.1) is 12.3 Å². The summed E-state index contributed by atoms with van der Waals surface area (Å²) in [6.45, 7) is 0.153. The van der Waals surface area contributed by atoms with Gasteiger partial charge < -0.3 is 14.8 Å². The van der Waals surface area contributed by atoms with Crippen LogP contribution < -0.4 is 14.8 Å². The van der Waals surface area contributed by atoms with Crippen LogP contribution in [0.4, 0.5) is 11.4 Å². The fourth-order valence-electron chi connectivity index (χ4n) is 2.31. The van der Waals surface area contributed by atoms with E-state index in [-0.39, 0.29) is 12.5 Å². The number of hydrogen-bond donors (Lipinski definition) is 1. The van der Waals surface area contributed by atoms with E-state index in [4.69, 9.17) is 15.9 Å². The fraction of sp³-hybridized carbons (Fsp3) is 0.111. The highest BCUT2D eigenvalue weighted by molar-refractivity contribution is 6.54. The summed E-state index contributed by atoms with van der Waals surface area (Å²) in [4.78, 5) is 16.5. The van der Waals surface area contributed by atoms with Crippen LogP contribution in [0.2, 0.25) is 0 Å². The largest absolute Gasteiger partial charge is 0.493 e. The van der Waals surface area contributed by atoms with E-state index in [0.29, 0.717) is 22.9 Å². The lowest BCUT2D eigenvalue weighted by Gasteiger charge is -2.09. The number of carbonyl (C=O) groups excluding carboxylic acids is 1. The van der Waals surface area contributed by atoms with Gasteiger partial charge in [0.05, 0.1) is 18.5 Å². The van der Waals surface area contributed by atoms with Crippen LogP contribution in [-0.2, 0) is 4.79 Å². The van der Waals surface area contributed by atoms with E-state index in [9.17, 15) is 4.79 Å². The van der Waals surface area contributed by atoms with E-state index in [1.165, 1.54) is 7.11 Å². The Labute approximate surface area is 134 Å². The van der Waals surface area contributed by atoms with Gasteiger partial charge in [-0.25, -0.2) is 4.99 Å². The topological polar surface area (TPSA) is 59.9 Å². The lowest BCUT2D eigenvalue weighted by molar-refractivity contribution is -0.110. The molecule has 23 heavy (non-hydrogen) atoms. The zero-order valence-corrected chi connectivity index (χ0v) is 12.5. The first-order valence-corrected chi connectivity index (χ1v) is 6.96. The second-order valence-corrected chi connectivity index (χ2v) is 4.79. The number of benzene rings is 2. The second kappa shape index (κ2) is 6.24. The molecule has 3 rings (SSSR count). The molecule has 1 N–H and O–H groups in total. The number of nitrogens with one attached hydrogen (secondary N) is 1. The van der Waals surface area contributed by atoms with Crippen molar-refractivity contribution in [2.45, 2.75) is 0 Å². The summed E-state index contributed by atoms with van der Waals surface area (Å²) in [5, 5.41) is 2.79. The Morgan fingerprint density at radius 1 is 1.22 bits per heavy atom. The third kappa shape index (κ3) is 2.87. The minimum Gasteiger partial charge on any atom is -0.493 e. The molecule has 0 radical (unpaired) electrons. The van der Waals surface area contributed by atoms with Crippen molar-refractivity contribution in [2.75, 3.05) is 19.0 Å². The van der Waals surface area contributed by atoms with Crippen molar-refractivity contribution in [2.24, 2.45) is 4.99 Å². The molecule has 0 unspecified atom stereocenters. The van der Waals surface area contributed by atoms with Gasteiger partial charge in [-0.3, -0.25) is 4.79 Å². The van der Waals surface area contributed by atoms with Crippen LogP contribution in [0.25, 0.3) is 0 Å². The van der Waals surface area contributed by atoms with Crippen molar-refractivity contribution in [3.63, 3.8) is 0 Å². The molecule has 5 nitrogen and oxygen atoms in total. The van der Waals surface area contributed by atoms with E-state index >= 15 is 0 Å². The molecule has 2 aromatic rings. The predicted octanol–water partition coefficient (Wildman–Crippen LogP) is 2.78. The van der Waals surface area contributed by atoms with Gasteiger partial charge in [-0.2, -0.15) is 0 Å². The second-order valence-electron chi connectivity index (χ2n) is 4.79. The van der Waals surface area contributed by atoms with Gasteiger partial charge in [0.1, 0.15) is 12.3 Å². The maximum Gasteiger partial charge on any atom is 0.275 e. The Balaban J connectivity index is 1.97. The number of hydrogen-bond acceptors (Lipinski definition) is 4. The molecule has 0 bridgehead atoms. The number of amides is 1. The van der Waals surface area contributed by atoms with Gasteiger partial charge in [0.15, 0.2) is 11.5 Å². The average Bonchev–Trinajstić information content (AvgIpc) is 2.89. The first kappa shape index (κ1) is 14.7. The third-order valence-corrected chi connectivity index (χ3v) is 3.34. The SMILES string of the molecule is C#CCOc1ccc(N=C2C(=O)Nc3ccccc32)cc1OC. The Bertz CT molecular complexity index is 834. The van der Waals surface area contributed by atoms with Crippen LogP contribution in [0.3, 0.4) is 0 Å². The van der Waals surface area contributed by atoms with Crippen LogP contribution >= 0.6 is 0 Å². The van der Waals surface area contributed by atoms with Gasteiger partial charge in [0.2, 0.25) is 0 Å². The maximum absolute atomic E-state index is 12.1. The van der Waals surface area contributed by atoms with Crippen molar-refractivity contribution in [3.05, 3.63) is 48.0 Å². The van der Waals surface area contributed by atoms with Crippen molar-refractivity contribution in [1.29, 1.82) is 0 Å². The molecule has 0 fully saturated rings. The van der Waals surface area contributed by atoms with Crippen molar-refractivity contribution in [1.82, 2.24) is 0 Å². The van der Waals surface area contributed by atoms with Gasteiger partial charge >= 0.3 is 0 Å². The molecule has 0 atom stereocenters. The minimum atomic E-state index is -0.224. The molecule has 1 aliphatic heterocycles. The average molecular weight is 306 g/mol. The summed E-state index contributed by atoms with van der Waals surface area (Å²) in [6.07, 6.45) is 5.19. The first-order chi connectivity index (χ1) is 11.2. The summed E-state index contributed by atoms with van der Waals surface area (Å²) in [7, 11) is 1.53. The summed E-state index contributed by atoms with van der Waals surface area (Å²) >= 11 is 0. The number of carbonyl (C=O) groups is 1. The van der Waals surface area contributed by atoms with E-state index < -0.39 is 0 Å². The highest BCUT2D eigenvalue weighted by atomic mass is 16.5. The van der Waals surface area contributed by atoms with Gasteiger partial charge in [0.25, 0.3) is 5.91 Å². The highest BCUT2D eigenvalue weighted by Gasteiger charge is 2.25. The quantitative estimate of drug-likeness (QED) is 0.884. The summed E-state index contributed by atoms with van der Waals surface area (Å²) in [5.41, 5.74) is 2.51. The van der Waals surface area contributed by atoms with Crippen molar-refractivity contribution in [3.8, 4) is 23.8 Å². The van der Waals surface area contributed by atoms with Crippen LogP contribution in [0.15, 0.2) is 47.5 Å². The van der Waals surface area contributed by atoms with Gasteiger partial charge in [-0.15, -0.1) is 6.42 Å². The normalized spacial score (nSPS) is 14.1. The van der Waals surface area contributed by atoms with Crippen LogP contribution in [0.1, 0.15) is 5.56 Å². The molecule has 1 amide bonds.